The van der Waals surface area contributed by atoms with Gasteiger partial charge in [0.15, 0.2) is 0 Å². The summed E-state index contributed by atoms with van der Waals surface area (Å²) in [7, 11) is 1.26. The number of aromatic nitrogens is 1. The van der Waals surface area contributed by atoms with Gasteiger partial charge in [0.1, 0.15) is 17.5 Å². The predicted octanol–water partition coefficient (Wildman–Crippen LogP) is 2.55. The number of methoxy groups -OCH3 is 1. The zero-order chi connectivity index (χ0) is 27.1. The smallest absolute Gasteiger partial charge is 0.328 e. The normalized spacial score (nSPS) is 17.1. The van der Waals surface area contributed by atoms with E-state index < -0.39 is 23.8 Å². The molecular formula is C27H38N4O6. The maximum Gasteiger partial charge on any atom is 0.328 e. The topological polar surface area (TPSA) is 130 Å². The predicted molar refractivity (Wildman–Crippen MR) is 139 cm³/mol. The van der Waals surface area contributed by atoms with Crippen molar-refractivity contribution in [2.45, 2.75) is 65.5 Å². The second-order valence-corrected chi connectivity index (χ2v) is 9.28. The van der Waals surface area contributed by atoms with Gasteiger partial charge < -0.3 is 30.0 Å². The van der Waals surface area contributed by atoms with Crippen molar-refractivity contribution in [3.63, 3.8) is 0 Å². The number of piperidine rings is 1. The first-order valence-corrected chi connectivity index (χ1v) is 13.0. The number of carbonyl (C=O) groups is 4. The molecule has 1 aromatic carbocycles. The fourth-order valence-corrected chi connectivity index (χ4v) is 4.93. The van der Waals surface area contributed by atoms with Gasteiger partial charge in [0.05, 0.1) is 20.3 Å². The van der Waals surface area contributed by atoms with Crippen molar-refractivity contribution in [2.24, 2.45) is 5.92 Å². The number of nitrogens with zero attached hydrogens (tertiary/aromatic N) is 1. The monoisotopic (exact) mass is 514 g/mol. The van der Waals surface area contributed by atoms with E-state index in [0.29, 0.717) is 25.3 Å². The van der Waals surface area contributed by atoms with E-state index >= 15 is 0 Å². The van der Waals surface area contributed by atoms with E-state index in [4.69, 9.17) is 9.47 Å². The summed E-state index contributed by atoms with van der Waals surface area (Å²) in [6.45, 7) is 8.50. The van der Waals surface area contributed by atoms with E-state index in [0.717, 1.165) is 35.1 Å². The third-order valence-electron chi connectivity index (χ3n) is 6.66. The number of hydrogen-bond acceptors (Lipinski definition) is 6. The molecule has 10 nitrogen and oxygen atoms in total. The molecule has 0 radical (unpaired) electrons. The second kappa shape index (κ2) is 12.6. The highest BCUT2D eigenvalue weighted by Gasteiger charge is 2.37. The zero-order valence-corrected chi connectivity index (χ0v) is 22.3. The van der Waals surface area contributed by atoms with Gasteiger partial charge in [0.25, 0.3) is 5.91 Å². The third kappa shape index (κ3) is 6.23. The summed E-state index contributed by atoms with van der Waals surface area (Å²) in [6, 6.07) is 4.34. The first kappa shape index (κ1) is 28.0. The Balaban J connectivity index is 0.00000186. The number of nitrogens with one attached hydrogen (secondary N) is 3. The molecule has 2 aromatic rings. The van der Waals surface area contributed by atoms with Crippen LogP contribution in [0.4, 0.5) is 0 Å². The number of esters is 1. The summed E-state index contributed by atoms with van der Waals surface area (Å²) >= 11 is 0. The Labute approximate surface area is 217 Å². The first-order valence-electron chi connectivity index (χ1n) is 13.0. The van der Waals surface area contributed by atoms with Crippen LogP contribution in [-0.4, -0.2) is 72.5 Å². The largest absolute Gasteiger partial charge is 0.492 e. The zero-order valence-electron chi connectivity index (χ0n) is 22.3. The molecular weight excluding hydrogens is 476 g/mol. The SMILES string of the molecule is CC.COC(=O)[C@H](C[C@@H]1CCCNC1=O)N(C(=O)CNC(=O)c1cc2c3c(ccc2[nH]1)CCO3)C(C)C. The molecule has 1 fully saturated rings. The molecule has 0 spiro atoms. The van der Waals surface area contributed by atoms with Gasteiger partial charge in [-0.2, -0.15) is 0 Å². The summed E-state index contributed by atoms with van der Waals surface area (Å²) in [6.07, 6.45) is 2.46. The van der Waals surface area contributed by atoms with E-state index in [9.17, 15) is 19.2 Å². The standard InChI is InChI=1S/C25H32N4O6.C2H6/c1-14(2)29(20(25(33)34-3)11-16-5-4-9-26-23(16)31)21(30)13-27-24(32)19-12-17-18(28-19)7-6-15-8-10-35-22(15)17;1-2/h6-7,12,14,16,20,28H,4-5,8-11,13H2,1-3H3,(H,26,31)(H,27,32);1-2H3/t16-,20-;/m0./s1. The maximum atomic E-state index is 13.2. The number of amides is 3. The fraction of sp³-hybridized carbons (Fsp3) is 0.556. The Morgan fingerprint density at radius 2 is 2.00 bits per heavy atom. The van der Waals surface area contributed by atoms with Gasteiger partial charge in [-0.1, -0.05) is 19.9 Å². The molecule has 2 aliphatic rings. The van der Waals surface area contributed by atoms with E-state index in [-0.39, 0.29) is 30.8 Å². The lowest BCUT2D eigenvalue weighted by Gasteiger charge is -2.35. The average Bonchev–Trinajstić information content (AvgIpc) is 3.55. The Kier molecular flexibility index (Phi) is 9.54. The van der Waals surface area contributed by atoms with Crippen LogP contribution in [-0.2, 0) is 25.5 Å². The molecule has 10 heteroatoms. The van der Waals surface area contributed by atoms with Crippen molar-refractivity contribution in [1.82, 2.24) is 20.5 Å². The minimum atomic E-state index is -0.925. The van der Waals surface area contributed by atoms with Gasteiger partial charge in [-0.05, 0) is 50.8 Å². The molecule has 3 heterocycles. The van der Waals surface area contributed by atoms with Gasteiger partial charge in [0, 0.05) is 35.8 Å². The lowest BCUT2D eigenvalue weighted by molar-refractivity contribution is -0.155. The Morgan fingerprint density at radius 1 is 1.24 bits per heavy atom. The molecule has 2 aliphatic heterocycles. The number of hydrogen-bond donors (Lipinski definition) is 3. The maximum absolute atomic E-state index is 13.2. The van der Waals surface area contributed by atoms with Crippen molar-refractivity contribution in [2.75, 3.05) is 26.8 Å². The third-order valence-corrected chi connectivity index (χ3v) is 6.66. The number of rotatable bonds is 8. The summed E-state index contributed by atoms with van der Waals surface area (Å²) in [5, 5.41) is 6.30. The number of benzene rings is 1. The van der Waals surface area contributed by atoms with Crippen molar-refractivity contribution < 1.29 is 28.7 Å². The van der Waals surface area contributed by atoms with E-state index in [1.54, 1.807) is 19.9 Å². The van der Waals surface area contributed by atoms with Crippen LogP contribution in [0.3, 0.4) is 0 Å². The van der Waals surface area contributed by atoms with Crippen LogP contribution >= 0.6 is 0 Å². The minimum Gasteiger partial charge on any atom is -0.492 e. The molecule has 3 amide bonds. The van der Waals surface area contributed by atoms with Gasteiger partial charge in [0.2, 0.25) is 11.8 Å². The van der Waals surface area contributed by atoms with Gasteiger partial charge in [-0.15, -0.1) is 0 Å². The van der Waals surface area contributed by atoms with E-state index in [1.165, 1.54) is 12.0 Å². The van der Waals surface area contributed by atoms with Gasteiger partial charge >= 0.3 is 5.97 Å². The number of fused-ring (bicyclic) bond motifs is 3. The highest BCUT2D eigenvalue weighted by Crippen LogP contribution is 2.34. The molecule has 37 heavy (non-hydrogen) atoms. The van der Waals surface area contributed by atoms with Crippen molar-refractivity contribution in [3.05, 3.63) is 29.5 Å². The van der Waals surface area contributed by atoms with Crippen LogP contribution in [0.2, 0.25) is 0 Å². The fourth-order valence-electron chi connectivity index (χ4n) is 4.93. The molecule has 0 unspecified atom stereocenters. The van der Waals surface area contributed by atoms with Crippen LogP contribution in [0.5, 0.6) is 5.75 Å². The van der Waals surface area contributed by atoms with Crippen molar-refractivity contribution in [1.29, 1.82) is 0 Å². The summed E-state index contributed by atoms with van der Waals surface area (Å²) in [5.74, 6) is -1.17. The molecule has 0 saturated carbocycles. The lowest BCUT2D eigenvalue weighted by Crippen LogP contribution is -2.54. The molecule has 1 saturated heterocycles. The van der Waals surface area contributed by atoms with Crippen molar-refractivity contribution >= 4 is 34.6 Å². The Hall–Kier alpha value is -3.56. The van der Waals surface area contributed by atoms with E-state index in [2.05, 4.69) is 15.6 Å². The summed E-state index contributed by atoms with van der Waals surface area (Å²) < 4.78 is 10.7. The molecule has 0 aliphatic carbocycles. The minimum absolute atomic E-state index is 0.121. The highest BCUT2D eigenvalue weighted by atomic mass is 16.5. The number of H-pyrrole nitrogens is 1. The Morgan fingerprint density at radius 3 is 2.68 bits per heavy atom. The Bertz CT molecular complexity index is 1140. The number of aromatic amines is 1. The molecule has 0 bridgehead atoms. The van der Waals surface area contributed by atoms with Crippen LogP contribution in [0.25, 0.3) is 10.9 Å². The quantitative estimate of drug-likeness (QED) is 0.464. The molecule has 202 valence electrons. The number of carbonyl (C=O) groups excluding carboxylic acids is 4. The first-order chi connectivity index (χ1) is 17.8. The lowest BCUT2D eigenvalue weighted by atomic mass is 9.90. The van der Waals surface area contributed by atoms with Crippen LogP contribution in [0.15, 0.2) is 18.2 Å². The summed E-state index contributed by atoms with van der Waals surface area (Å²) in [4.78, 5) is 55.4. The molecule has 1 aromatic heterocycles. The number of ether oxygens (including phenoxy) is 2. The molecule has 2 atom stereocenters. The van der Waals surface area contributed by atoms with Gasteiger partial charge in [-0.3, -0.25) is 14.4 Å². The van der Waals surface area contributed by atoms with Crippen LogP contribution in [0, 0.1) is 5.92 Å². The second-order valence-electron chi connectivity index (χ2n) is 9.28. The molecule has 3 N–H and O–H groups in total. The van der Waals surface area contributed by atoms with Gasteiger partial charge in [-0.25, -0.2) is 4.79 Å². The summed E-state index contributed by atoms with van der Waals surface area (Å²) in [5.41, 5.74) is 2.20. The average molecular weight is 515 g/mol. The molecule has 4 rings (SSSR count). The van der Waals surface area contributed by atoms with Crippen LogP contribution in [0.1, 0.15) is 63.0 Å². The van der Waals surface area contributed by atoms with Crippen LogP contribution < -0.4 is 15.4 Å². The van der Waals surface area contributed by atoms with Crippen molar-refractivity contribution in [3.8, 4) is 5.75 Å². The highest BCUT2D eigenvalue weighted by molar-refractivity contribution is 6.01. The van der Waals surface area contributed by atoms with E-state index in [1.807, 2.05) is 26.0 Å².